The zero-order valence-electron chi connectivity index (χ0n) is 10.1. The summed E-state index contributed by atoms with van der Waals surface area (Å²) in [6.45, 7) is 0. The first-order chi connectivity index (χ1) is 9.31. The van der Waals surface area contributed by atoms with E-state index in [1.165, 1.54) is 0 Å². The third-order valence-corrected chi connectivity index (χ3v) is 2.52. The Morgan fingerprint density at radius 1 is 1.00 bits per heavy atom. The van der Waals surface area contributed by atoms with E-state index < -0.39 is 0 Å². The summed E-state index contributed by atoms with van der Waals surface area (Å²) in [5.41, 5.74) is 9.97. The van der Waals surface area contributed by atoms with Gasteiger partial charge in [0.05, 0.1) is 5.70 Å². The summed E-state index contributed by atoms with van der Waals surface area (Å²) >= 11 is 0. The molecular weight excluding hydrogens is 238 g/mol. The molecule has 2 aromatic rings. The number of rotatable bonds is 4. The van der Waals surface area contributed by atoms with E-state index in [0.29, 0.717) is 5.56 Å². The van der Waals surface area contributed by atoms with Crippen LogP contribution in [0.15, 0.2) is 71.5 Å². The standard InChI is InChI=1S/C15H11N3O/c16-18-17-14(11-12-7-3-1-4-8-12)15(19)13-9-5-2-6-10-13/h1-11H. The van der Waals surface area contributed by atoms with Gasteiger partial charge in [-0.15, -0.1) is 0 Å². The molecule has 0 saturated heterocycles. The van der Waals surface area contributed by atoms with Gasteiger partial charge in [-0.2, -0.15) is 0 Å². The Kier molecular flexibility index (Phi) is 4.11. The third kappa shape index (κ3) is 3.31. The number of hydrogen-bond donors (Lipinski definition) is 0. The summed E-state index contributed by atoms with van der Waals surface area (Å²) in [6.07, 6.45) is 1.58. The monoisotopic (exact) mass is 249 g/mol. The van der Waals surface area contributed by atoms with Crippen molar-refractivity contribution < 1.29 is 4.79 Å². The van der Waals surface area contributed by atoms with Crippen LogP contribution in [-0.4, -0.2) is 5.78 Å². The summed E-state index contributed by atoms with van der Waals surface area (Å²) < 4.78 is 0. The zero-order valence-corrected chi connectivity index (χ0v) is 10.1. The molecule has 19 heavy (non-hydrogen) atoms. The van der Waals surface area contributed by atoms with Crippen LogP contribution in [-0.2, 0) is 0 Å². The van der Waals surface area contributed by atoms with Crippen molar-refractivity contribution in [2.45, 2.75) is 0 Å². The average Bonchev–Trinajstić information content (AvgIpc) is 2.48. The molecule has 4 heteroatoms. The van der Waals surface area contributed by atoms with E-state index in [1.54, 1.807) is 30.3 Å². The first-order valence-electron chi connectivity index (χ1n) is 5.73. The van der Waals surface area contributed by atoms with Crippen LogP contribution in [0.25, 0.3) is 16.5 Å². The molecule has 0 spiro atoms. The SMILES string of the molecule is [N-]=[N+]=NC(=Cc1ccccc1)C(=O)c1ccccc1. The molecule has 0 saturated carbocycles. The second kappa shape index (κ2) is 6.19. The number of carbonyl (C=O) groups is 1. The number of azide groups is 1. The predicted octanol–water partition coefficient (Wildman–Crippen LogP) is 4.22. The second-order valence-electron chi connectivity index (χ2n) is 3.82. The number of benzene rings is 2. The van der Waals surface area contributed by atoms with Crippen molar-refractivity contribution in [1.82, 2.24) is 0 Å². The maximum Gasteiger partial charge on any atom is 0.195 e. The minimum atomic E-state index is -0.290. The zero-order chi connectivity index (χ0) is 13.5. The fourth-order valence-electron chi connectivity index (χ4n) is 1.63. The first-order valence-corrected chi connectivity index (χ1v) is 5.73. The summed E-state index contributed by atoms with van der Waals surface area (Å²) in [6, 6.07) is 18.0. The van der Waals surface area contributed by atoms with Gasteiger partial charge in [0.25, 0.3) is 0 Å². The quantitative estimate of drug-likeness (QED) is 0.263. The highest BCUT2D eigenvalue weighted by Gasteiger charge is 2.10. The molecule has 0 aliphatic carbocycles. The van der Waals surface area contributed by atoms with Gasteiger partial charge in [0.15, 0.2) is 5.78 Å². The van der Waals surface area contributed by atoms with Crippen molar-refractivity contribution in [3.63, 3.8) is 0 Å². The molecule has 0 radical (unpaired) electrons. The van der Waals surface area contributed by atoms with Gasteiger partial charge in [-0.1, -0.05) is 65.8 Å². The lowest BCUT2D eigenvalue weighted by Crippen LogP contribution is -2.00. The Morgan fingerprint density at radius 3 is 2.16 bits per heavy atom. The van der Waals surface area contributed by atoms with Crippen LogP contribution in [0, 0.1) is 0 Å². The molecule has 0 aliphatic rings. The molecule has 92 valence electrons. The Bertz CT molecular complexity index is 642. The fraction of sp³-hybridized carbons (Fsp3) is 0. The molecule has 0 aromatic heterocycles. The molecule has 0 atom stereocenters. The maximum absolute atomic E-state index is 12.2. The van der Waals surface area contributed by atoms with Crippen molar-refractivity contribution in [3.8, 4) is 0 Å². The average molecular weight is 249 g/mol. The van der Waals surface area contributed by atoms with E-state index in [4.69, 9.17) is 5.53 Å². The lowest BCUT2D eigenvalue weighted by Gasteiger charge is -2.01. The van der Waals surface area contributed by atoms with Gasteiger partial charge in [-0.05, 0) is 17.2 Å². The molecule has 0 aliphatic heterocycles. The highest BCUT2D eigenvalue weighted by atomic mass is 16.1. The van der Waals surface area contributed by atoms with Crippen LogP contribution in [0.2, 0.25) is 0 Å². The number of carbonyl (C=O) groups excluding carboxylic acids is 1. The molecule has 2 aromatic carbocycles. The van der Waals surface area contributed by atoms with Gasteiger partial charge >= 0.3 is 0 Å². The van der Waals surface area contributed by atoms with Crippen LogP contribution >= 0.6 is 0 Å². The Morgan fingerprint density at radius 2 is 1.58 bits per heavy atom. The van der Waals surface area contributed by atoms with E-state index >= 15 is 0 Å². The Labute approximate surface area is 110 Å². The Hall–Kier alpha value is -2.84. The van der Waals surface area contributed by atoms with E-state index in [2.05, 4.69) is 10.0 Å². The molecule has 4 nitrogen and oxygen atoms in total. The number of Topliss-reactive ketones (excluding diaryl/α,β-unsaturated/α-hetero) is 1. The number of nitrogens with zero attached hydrogens (tertiary/aromatic N) is 3. The van der Waals surface area contributed by atoms with Crippen molar-refractivity contribution in [1.29, 1.82) is 0 Å². The maximum atomic E-state index is 12.2. The number of allylic oxidation sites excluding steroid dienone is 1. The minimum absolute atomic E-state index is 0.0832. The second-order valence-corrected chi connectivity index (χ2v) is 3.82. The topological polar surface area (TPSA) is 65.8 Å². The summed E-state index contributed by atoms with van der Waals surface area (Å²) in [4.78, 5) is 14.9. The van der Waals surface area contributed by atoms with E-state index in [9.17, 15) is 4.79 Å². The van der Waals surface area contributed by atoms with Gasteiger partial charge in [-0.25, -0.2) is 0 Å². The number of ketones is 1. The minimum Gasteiger partial charge on any atom is -0.289 e. The molecular formula is C15H11N3O. The molecule has 0 amide bonds. The van der Waals surface area contributed by atoms with Crippen LogP contribution in [0.4, 0.5) is 0 Å². The van der Waals surface area contributed by atoms with Crippen molar-refractivity contribution in [2.24, 2.45) is 5.11 Å². The summed E-state index contributed by atoms with van der Waals surface area (Å²) in [7, 11) is 0. The van der Waals surface area contributed by atoms with Crippen LogP contribution in [0.1, 0.15) is 15.9 Å². The normalized spacial score (nSPS) is 10.6. The van der Waals surface area contributed by atoms with E-state index in [0.717, 1.165) is 5.56 Å². The molecule has 0 N–H and O–H groups in total. The van der Waals surface area contributed by atoms with Gasteiger partial charge in [0, 0.05) is 10.5 Å². The van der Waals surface area contributed by atoms with Gasteiger partial charge in [0.1, 0.15) is 0 Å². The highest BCUT2D eigenvalue weighted by Crippen LogP contribution is 2.14. The summed E-state index contributed by atoms with van der Waals surface area (Å²) in [5.74, 6) is -0.290. The molecule has 0 heterocycles. The van der Waals surface area contributed by atoms with Crippen LogP contribution < -0.4 is 0 Å². The highest BCUT2D eigenvalue weighted by molar-refractivity contribution is 6.10. The molecule has 2 rings (SSSR count). The predicted molar refractivity (Wildman–Crippen MR) is 74.3 cm³/mol. The third-order valence-electron chi connectivity index (χ3n) is 2.52. The van der Waals surface area contributed by atoms with Crippen molar-refractivity contribution >= 4 is 11.9 Å². The lowest BCUT2D eigenvalue weighted by molar-refractivity contribution is 0.103. The molecule has 0 fully saturated rings. The molecule has 0 unspecified atom stereocenters. The van der Waals surface area contributed by atoms with E-state index in [1.807, 2.05) is 36.4 Å². The number of hydrogen-bond acceptors (Lipinski definition) is 2. The smallest absolute Gasteiger partial charge is 0.195 e. The molecule has 0 bridgehead atoms. The lowest BCUT2D eigenvalue weighted by atomic mass is 10.1. The fourth-order valence-corrected chi connectivity index (χ4v) is 1.63. The van der Waals surface area contributed by atoms with Crippen molar-refractivity contribution in [2.75, 3.05) is 0 Å². The van der Waals surface area contributed by atoms with Gasteiger partial charge < -0.3 is 0 Å². The largest absolute Gasteiger partial charge is 0.289 e. The van der Waals surface area contributed by atoms with Gasteiger partial charge in [-0.3, -0.25) is 4.79 Å². The first kappa shape index (κ1) is 12.6. The summed E-state index contributed by atoms with van der Waals surface area (Å²) in [5, 5.41) is 3.49. The van der Waals surface area contributed by atoms with Crippen LogP contribution in [0.5, 0.6) is 0 Å². The van der Waals surface area contributed by atoms with E-state index in [-0.39, 0.29) is 11.5 Å². The van der Waals surface area contributed by atoms with Gasteiger partial charge in [0.2, 0.25) is 0 Å². The van der Waals surface area contributed by atoms with Crippen LogP contribution in [0.3, 0.4) is 0 Å². The van der Waals surface area contributed by atoms with Crippen molar-refractivity contribution in [3.05, 3.63) is 87.9 Å². The Balaban J connectivity index is 2.39.